The van der Waals surface area contributed by atoms with Gasteiger partial charge in [0, 0.05) is 5.02 Å². The molecule has 1 unspecified atom stereocenters. The lowest BCUT2D eigenvalue weighted by Crippen LogP contribution is -2.42. The van der Waals surface area contributed by atoms with E-state index in [-0.39, 0.29) is 11.9 Å². The monoisotopic (exact) mass is 290 g/mol. The van der Waals surface area contributed by atoms with Gasteiger partial charge in [0.05, 0.1) is 12.1 Å². The minimum atomic E-state index is -0.853. The van der Waals surface area contributed by atoms with Gasteiger partial charge in [-0.15, -0.1) is 0 Å². The highest BCUT2D eigenvalue weighted by molar-refractivity contribution is 6.31. The molecular weight excluding hydrogens is 272 g/mol. The summed E-state index contributed by atoms with van der Waals surface area (Å²) in [6.45, 7) is 1.90. The number of nitrogens with one attached hydrogen (secondary N) is 1. The topological polar surface area (TPSA) is 52.9 Å². The first kappa shape index (κ1) is 14.9. The molecule has 4 heteroatoms. The van der Waals surface area contributed by atoms with Gasteiger partial charge in [0.1, 0.15) is 5.41 Å². The van der Waals surface area contributed by atoms with Gasteiger partial charge < -0.3 is 5.32 Å². The quantitative estimate of drug-likeness (QED) is 0.915. The largest absolute Gasteiger partial charge is 0.348 e. The summed E-state index contributed by atoms with van der Waals surface area (Å²) in [6, 6.07) is 9.51. The zero-order chi connectivity index (χ0) is 14.6. The predicted molar refractivity (Wildman–Crippen MR) is 79.1 cm³/mol. The molecule has 2 rings (SSSR count). The Kier molecular flexibility index (Phi) is 4.67. The predicted octanol–water partition coefficient (Wildman–Crippen LogP) is 3.99. The van der Waals surface area contributed by atoms with E-state index in [4.69, 9.17) is 11.6 Å². The molecule has 0 aromatic heterocycles. The van der Waals surface area contributed by atoms with Gasteiger partial charge >= 0.3 is 0 Å². The van der Waals surface area contributed by atoms with Crippen LogP contribution in [-0.2, 0) is 4.79 Å². The molecule has 1 aliphatic rings. The molecule has 0 saturated heterocycles. The van der Waals surface area contributed by atoms with Crippen LogP contribution in [0.4, 0.5) is 0 Å². The number of nitrogens with zero attached hydrogens (tertiary/aromatic N) is 1. The van der Waals surface area contributed by atoms with Crippen molar-refractivity contribution in [1.29, 1.82) is 5.26 Å². The smallest absolute Gasteiger partial charge is 0.240 e. The molecule has 20 heavy (non-hydrogen) atoms. The standard InChI is InChI=1S/C16H19ClN2O/c1-12(13-7-3-4-8-14(13)17)19-15(20)16(11-18)9-5-2-6-10-16/h3-4,7-8,12H,2,5-6,9-10H2,1H3,(H,19,20). The van der Waals surface area contributed by atoms with Crippen LogP contribution in [-0.4, -0.2) is 5.91 Å². The van der Waals surface area contributed by atoms with E-state index < -0.39 is 5.41 Å². The van der Waals surface area contributed by atoms with Crippen molar-refractivity contribution in [3.63, 3.8) is 0 Å². The second kappa shape index (κ2) is 6.28. The Labute approximate surface area is 124 Å². The second-order valence-corrected chi connectivity index (χ2v) is 5.88. The van der Waals surface area contributed by atoms with Gasteiger partial charge in [-0.05, 0) is 31.4 Å². The normalized spacial score (nSPS) is 18.9. The summed E-state index contributed by atoms with van der Waals surface area (Å²) in [7, 11) is 0. The van der Waals surface area contributed by atoms with E-state index in [0.717, 1.165) is 24.8 Å². The number of nitriles is 1. The lowest BCUT2D eigenvalue weighted by Gasteiger charge is -2.30. The average molecular weight is 291 g/mol. The van der Waals surface area contributed by atoms with Crippen LogP contribution in [0.5, 0.6) is 0 Å². The van der Waals surface area contributed by atoms with Crippen molar-refractivity contribution in [2.75, 3.05) is 0 Å². The third kappa shape index (κ3) is 2.96. The molecule has 1 N–H and O–H groups in total. The summed E-state index contributed by atoms with van der Waals surface area (Å²) in [6.07, 6.45) is 4.31. The molecule has 0 bridgehead atoms. The van der Waals surface area contributed by atoms with Crippen molar-refractivity contribution in [3.8, 4) is 6.07 Å². The Balaban J connectivity index is 2.11. The Hall–Kier alpha value is -1.53. The Morgan fingerprint density at radius 2 is 2.00 bits per heavy atom. The van der Waals surface area contributed by atoms with Crippen LogP contribution in [0.1, 0.15) is 50.6 Å². The average Bonchev–Trinajstić information content (AvgIpc) is 2.48. The lowest BCUT2D eigenvalue weighted by molar-refractivity contribution is -0.130. The van der Waals surface area contributed by atoms with Crippen LogP contribution in [0, 0.1) is 16.7 Å². The molecule has 1 aromatic rings. The highest BCUT2D eigenvalue weighted by Gasteiger charge is 2.40. The Bertz CT molecular complexity index is 530. The molecule has 3 nitrogen and oxygen atoms in total. The summed E-state index contributed by atoms with van der Waals surface area (Å²) in [5.41, 5.74) is 0.0275. The SMILES string of the molecule is CC(NC(=O)C1(C#N)CCCCC1)c1ccccc1Cl. The van der Waals surface area contributed by atoms with Gasteiger partial charge in [0.15, 0.2) is 0 Å². The Morgan fingerprint density at radius 1 is 1.35 bits per heavy atom. The van der Waals surface area contributed by atoms with E-state index in [2.05, 4.69) is 11.4 Å². The van der Waals surface area contributed by atoms with Crippen LogP contribution in [0.3, 0.4) is 0 Å². The van der Waals surface area contributed by atoms with E-state index in [1.165, 1.54) is 0 Å². The molecule has 1 atom stereocenters. The number of hydrogen-bond acceptors (Lipinski definition) is 2. The van der Waals surface area contributed by atoms with Crippen LogP contribution in [0.25, 0.3) is 0 Å². The highest BCUT2D eigenvalue weighted by Crippen LogP contribution is 2.36. The maximum absolute atomic E-state index is 12.5. The van der Waals surface area contributed by atoms with E-state index >= 15 is 0 Å². The summed E-state index contributed by atoms with van der Waals surface area (Å²) < 4.78 is 0. The molecule has 1 fully saturated rings. The third-order valence-electron chi connectivity index (χ3n) is 4.08. The molecule has 1 aliphatic carbocycles. The number of amides is 1. The van der Waals surface area contributed by atoms with Gasteiger partial charge in [0.2, 0.25) is 5.91 Å². The molecule has 0 spiro atoms. The first-order valence-electron chi connectivity index (χ1n) is 7.06. The van der Waals surface area contributed by atoms with Crippen molar-refractivity contribution in [2.24, 2.45) is 5.41 Å². The summed E-state index contributed by atoms with van der Waals surface area (Å²) in [5, 5.41) is 13.0. The maximum atomic E-state index is 12.5. The molecule has 0 aliphatic heterocycles. The zero-order valence-electron chi connectivity index (χ0n) is 11.7. The van der Waals surface area contributed by atoms with Gasteiger partial charge in [-0.3, -0.25) is 4.79 Å². The maximum Gasteiger partial charge on any atom is 0.240 e. The Morgan fingerprint density at radius 3 is 2.60 bits per heavy atom. The van der Waals surface area contributed by atoms with E-state index in [1.54, 1.807) is 6.07 Å². The van der Waals surface area contributed by atoms with Crippen LogP contribution >= 0.6 is 11.6 Å². The first-order chi connectivity index (χ1) is 9.59. The fourth-order valence-corrected chi connectivity index (χ4v) is 3.08. The van der Waals surface area contributed by atoms with Crippen molar-refractivity contribution in [2.45, 2.75) is 45.1 Å². The molecular formula is C16H19ClN2O. The van der Waals surface area contributed by atoms with E-state index in [1.807, 2.05) is 25.1 Å². The number of carbonyl (C=O) groups is 1. The van der Waals surface area contributed by atoms with E-state index in [0.29, 0.717) is 17.9 Å². The van der Waals surface area contributed by atoms with Crippen molar-refractivity contribution in [3.05, 3.63) is 34.9 Å². The summed E-state index contributed by atoms with van der Waals surface area (Å²) in [4.78, 5) is 12.5. The third-order valence-corrected chi connectivity index (χ3v) is 4.42. The van der Waals surface area contributed by atoms with Gasteiger partial charge in [0.25, 0.3) is 0 Å². The number of rotatable bonds is 3. The van der Waals surface area contributed by atoms with Gasteiger partial charge in [-0.25, -0.2) is 0 Å². The first-order valence-corrected chi connectivity index (χ1v) is 7.43. The van der Waals surface area contributed by atoms with Crippen LogP contribution in [0.2, 0.25) is 5.02 Å². The van der Waals surface area contributed by atoms with Gasteiger partial charge in [-0.2, -0.15) is 5.26 Å². The van der Waals surface area contributed by atoms with Gasteiger partial charge in [-0.1, -0.05) is 49.1 Å². The molecule has 1 saturated carbocycles. The number of hydrogen-bond donors (Lipinski definition) is 1. The summed E-state index contributed by atoms with van der Waals surface area (Å²) in [5.74, 6) is -0.160. The fourth-order valence-electron chi connectivity index (χ4n) is 2.78. The van der Waals surface area contributed by atoms with Crippen molar-refractivity contribution < 1.29 is 4.79 Å². The lowest BCUT2D eigenvalue weighted by atomic mass is 9.74. The van der Waals surface area contributed by atoms with Crippen LogP contribution in [0.15, 0.2) is 24.3 Å². The molecule has 0 heterocycles. The molecule has 1 aromatic carbocycles. The second-order valence-electron chi connectivity index (χ2n) is 5.47. The number of halogens is 1. The minimum Gasteiger partial charge on any atom is -0.348 e. The fraction of sp³-hybridized carbons (Fsp3) is 0.500. The molecule has 1 amide bonds. The number of benzene rings is 1. The van der Waals surface area contributed by atoms with Crippen molar-refractivity contribution >= 4 is 17.5 Å². The molecule has 106 valence electrons. The van der Waals surface area contributed by atoms with Crippen molar-refractivity contribution in [1.82, 2.24) is 5.32 Å². The number of carbonyl (C=O) groups excluding carboxylic acids is 1. The zero-order valence-corrected chi connectivity index (χ0v) is 12.4. The summed E-state index contributed by atoms with van der Waals surface area (Å²) >= 11 is 6.14. The van der Waals surface area contributed by atoms with Crippen LogP contribution < -0.4 is 5.32 Å². The highest BCUT2D eigenvalue weighted by atomic mass is 35.5. The van der Waals surface area contributed by atoms with E-state index in [9.17, 15) is 10.1 Å². The minimum absolute atomic E-state index is 0.160. The molecule has 0 radical (unpaired) electrons.